The van der Waals surface area contributed by atoms with E-state index in [0.717, 1.165) is 0 Å². The molecule has 0 fully saturated rings. The minimum atomic E-state index is 0.112. The predicted octanol–water partition coefficient (Wildman–Crippen LogP) is 0.918. The smallest absolute Gasteiger partial charge is 0.119 e. The lowest BCUT2D eigenvalue weighted by molar-refractivity contribution is 0.476. The fourth-order valence-corrected chi connectivity index (χ4v) is 1.09. The van der Waals surface area contributed by atoms with Crippen molar-refractivity contribution in [2.24, 2.45) is 0 Å². The van der Waals surface area contributed by atoms with Crippen molar-refractivity contribution in [3.05, 3.63) is 24.5 Å². The number of nitrogens with two attached hydrogens (primary N) is 1. The maximum atomic E-state index is 9.16. The van der Waals surface area contributed by atoms with Gasteiger partial charge in [0.1, 0.15) is 11.3 Å². The molecule has 1 aromatic heterocycles. The second kappa shape index (κ2) is 2.34. The highest BCUT2D eigenvalue weighted by Gasteiger charge is 2.00. The first-order valence-corrected chi connectivity index (χ1v) is 3.46. The van der Waals surface area contributed by atoms with E-state index in [2.05, 4.69) is 9.97 Å². The summed E-state index contributed by atoms with van der Waals surface area (Å²) in [5.74, 6) is 0.112. The Hall–Kier alpha value is -1.84. The summed E-state index contributed by atoms with van der Waals surface area (Å²) in [7, 11) is 0. The van der Waals surface area contributed by atoms with Gasteiger partial charge in [-0.1, -0.05) is 0 Å². The molecule has 0 aliphatic rings. The van der Waals surface area contributed by atoms with Gasteiger partial charge in [-0.25, -0.2) is 0 Å². The molecule has 4 nitrogen and oxygen atoms in total. The fourth-order valence-electron chi connectivity index (χ4n) is 1.09. The summed E-state index contributed by atoms with van der Waals surface area (Å²) in [5, 5.41) is 9.16. The Balaban J connectivity index is 2.89. The number of aromatic nitrogens is 2. The van der Waals surface area contributed by atoms with Gasteiger partial charge in [0.05, 0.1) is 11.2 Å². The third-order valence-electron chi connectivity index (χ3n) is 1.59. The van der Waals surface area contributed by atoms with Crippen molar-refractivity contribution < 1.29 is 5.11 Å². The van der Waals surface area contributed by atoms with Crippen molar-refractivity contribution in [1.82, 2.24) is 9.97 Å². The number of fused-ring (bicyclic) bond motifs is 1. The van der Waals surface area contributed by atoms with Gasteiger partial charge in [0.2, 0.25) is 0 Å². The van der Waals surface area contributed by atoms with E-state index < -0.39 is 0 Å². The monoisotopic (exact) mass is 161 g/mol. The van der Waals surface area contributed by atoms with E-state index in [1.165, 1.54) is 12.1 Å². The van der Waals surface area contributed by atoms with Gasteiger partial charge in [-0.3, -0.25) is 9.97 Å². The second-order valence-corrected chi connectivity index (χ2v) is 2.46. The third kappa shape index (κ3) is 0.934. The van der Waals surface area contributed by atoms with E-state index in [4.69, 9.17) is 10.8 Å². The van der Waals surface area contributed by atoms with Gasteiger partial charge < -0.3 is 10.8 Å². The van der Waals surface area contributed by atoms with Crippen molar-refractivity contribution in [2.75, 3.05) is 5.73 Å². The van der Waals surface area contributed by atoms with Crippen molar-refractivity contribution >= 4 is 16.7 Å². The number of rotatable bonds is 0. The molecule has 1 aromatic carbocycles. The van der Waals surface area contributed by atoms with Crippen LogP contribution in [0.3, 0.4) is 0 Å². The fraction of sp³-hybridized carbons (Fsp3) is 0. The first-order valence-electron chi connectivity index (χ1n) is 3.46. The van der Waals surface area contributed by atoms with Crippen molar-refractivity contribution in [3.63, 3.8) is 0 Å². The van der Waals surface area contributed by atoms with Crippen LogP contribution >= 0.6 is 0 Å². The van der Waals surface area contributed by atoms with Crippen LogP contribution in [0.4, 0.5) is 5.69 Å². The van der Waals surface area contributed by atoms with Crippen molar-refractivity contribution in [1.29, 1.82) is 0 Å². The normalized spacial score (nSPS) is 10.3. The molecule has 1 heterocycles. The van der Waals surface area contributed by atoms with Crippen LogP contribution in [0.25, 0.3) is 11.0 Å². The van der Waals surface area contributed by atoms with Gasteiger partial charge in [0.15, 0.2) is 0 Å². The number of nitrogens with zero attached hydrogens (tertiary/aromatic N) is 2. The van der Waals surface area contributed by atoms with Crippen LogP contribution in [0.2, 0.25) is 0 Å². The van der Waals surface area contributed by atoms with E-state index in [0.29, 0.717) is 16.7 Å². The molecular weight excluding hydrogens is 154 g/mol. The van der Waals surface area contributed by atoms with Gasteiger partial charge in [-0.05, 0) is 0 Å². The molecular formula is C8H7N3O. The summed E-state index contributed by atoms with van der Waals surface area (Å²) in [6.07, 6.45) is 3.12. The molecule has 0 bridgehead atoms. The van der Waals surface area contributed by atoms with Crippen LogP contribution in [0.1, 0.15) is 0 Å². The Morgan fingerprint density at radius 3 is 2.75 bits per heavy atom. The second-order valence-electron chi connectivity index (χ2n) is 2.46. The summed E-state index contributed by atoms with van der Waals surface area (Å²) in [6, 6.07) is 2.98. The topological polar surface area (TPSA) is 72.0 Å². The van der Waals surface area contributed by atoms with E-state index in [1.807, 2.05) is 0 Å². The van der Waals surface area contributed by atoms with E-state index in [1.54, 1.807) is 12.4 Å². The minimum absolute atomic E-state index is 0.112. The van der Waals surface area contributed by atoms with Crippen LogP contribution in [-0.4, -0.2) is 15.1 Å². The highest BCUT2D eigenvalue weighted by atomic mass is 16.3. The van der Waals surface area contributed by atoms with Crippen LogP contribution < -0.4 is 5.73 Å². The molecule has 0 spiro atoms. The summed E-state index contributed by atoms with van der Waals surface area (Å²) in [5.41, 5.74) is 7.26. The maximum absolute atomic E-state index is 9.16. The molecule has 0 saturated carbocycles. The van der Waals surface area contributed by atoms with Gasteiger partial charge >= 0.3 is 0 Å². The lowest BCUT2D eigenvalue weighted by atomic mass is 10.2. The Kier molecular flexibility index (Phi) is 1.33. The molecule has 0 atom stereocenters. The minimum Gasteiger partial charge on any atom is -0.508 e. The quantitative estimate of drug-likeness (QED) is 0.563. The SMILES string of the molecule is Nc1cc(O)cc2nccnc12. The van der Waals surface area contributed by atoms with Crippen molar-refractivity contribution in [2.45, 2.75) is 0 Å². The maximum Gasteiger partial charge on any atom is 0.119 e. The summed E-state index contributed by atoms with van der Waals surface area (Å²) in [6.45, 7) is 0. The van der Waals surface area contributed by atoms with Gasteiger partial charge in [-0.2, -0.15) is 0 Å². The number of benzene rings is 1. The number of aromatic hydroxyl groups is 1. The molecule has 0 saturated heterocycles. The summed E-state index contributed by atoms with van der Waals surface area (Å²) < 4.78 is 0. The molecule has 2 rings (SSSR count). The highest BCUT2D eigenvalue weighted by molar-refractivity contribution is 5.87. The molecule has 2 aromatic rings. The highest BCUT2D eigenvalue weighted by Crippen LogP contribution is 2.22. The zero-order valence-electron chi connectivity index (χ0n) is 6.23. The van der Waals surface area contributed by atoms with E-state index >= 15 is 0 Å². The number of nitrogen functional groups attached to an aromatic ring is 1. The third-order valence-corrected chi connectivity index (χ3v) is 1.59. The molecule has 3 N–H and O–H groups in total. The molecule has 60 valence electrons. The van der Waals surface area contributed by atoms with Gasteiger partial charge in [0.25, 0.3) is 0 Å². The first kappa shape index (κ1) is 6.84. The molecule has 12 heavy (non-hydrogen) atoms. The van der Waals surface area contributed by atoms with Gasteiger partial charge in [0, 0.05) is 24.5 Å². The Bertz CT molecular complexity index is 428. The average Bonchev–Trinajstić information content (AvgIpc) is 2.04. The zero-order chi connectivity index (χ0) is 8.55. The Labute approximate surface area is 68.7 Å². The molecule has 4 heteroatoms. The van der Waals surface area contributed by atoms with Crippen LogP contribution in [0.15, 0.2) is 24.5 Å². The van der Waals surface area contributed by atoms with E-state index in [-0.39, 0.29) is 5.75 Å². The van der Waals surface area contributed by atoms with Crippen LogP contribution in [-0.2, 0) is 0 Å². The van der Waals surface area contributed by atoms with Crippen molar-refractivity contribution in [3.8, 4) is 5.75 Å². The molecule has 0 unspecified atom stereocenters. The predicted molar refractivity (Wildman–Crippen MR) is 45.6 cm³/mol. The summed E-state index contributed by atoms with van der Waals surface area (Å²) in [4.78, 5) is 8.02. The Morgan fingerprint density at radius 1 is 1.17 bits per heavy atom. The van der Waals surface area contributed by atoms with Gasteiger partial charge in [-0.15, -0.1) is 0 Å². The Morgan fingerprint density at radius 2 is 1.92 bits per heavy atom. The molecule has 0 radical (unpaired) electrons. The number of phenols is 1. The molecule has 0 amide bonds. The number of hydrogen-bond acceptors (Lipinski definition) is 4. The van der Waals surface area contributed by atoms with Crippen LogP contribution in [0, 0.1) is 0 Å². The lowest BCUT2D eigenvalue weighted by Gasteiger charge is -1.99. The number of phenolic OH excluding ortho intramolecular Hbond substituents is 1. The number of hydrogen-bond donors (Lipinski definition) is 2. The zero-order valence-corrected chi connectivity index (χ0v) is 6.23. The first-order chi connectivity index (χ1) is 5.77. The number of anilines is 1. The lowest BCUT2D eigenvalue weighted by Crippen LogP contribution is -1.90. The summed E-state index contributed by atoms with van der Waals surface area (Å²) >= 11 is 0. The average molecular weight is 161 g/mol. The van der Waals surface area contributed by atoms with E-state index in [9.17, 15) is 0 Å². The molecule has 0 aliphatic heterocycles. The van der Waals surface area contributed by atoms with Crippen LogP contribution in [0.5, 0.6) is 5.75 Å². The largest absolute Gasteiger partial charge is 0.508 e. The standard InChI is InChI=1S/C8H7N3O/c9-6-3-5(12)4-7-8(6)11-2-1-10-7/h1-4,12H,9H2. The molecule has 0 aliphatic carbocycles.